The monoisotopic (exact) mass is 368 g/mol. The number of carbonyl (C=O) groups excluding carboxylic acids is 1. The van der Waals surface area contributed by atoms with E-state index in [1.54, 1.807) is 6.20 Å². The van der Waals surface area contributed by atoms with E-state index < -0.39 is 6.10 Å². The van der Waals surface area contributed by atoms with Crippen molar-refractivity contribution in [3.63, 3.8) is 0 Å². The lowest BCUT2D eigenvalue weighted by Gasteiger charge is -2.20. The summed E-state index contributed by atoms with van der Waals surface area (Å²) >= 11 is 0. The predicted molar refractivity (Wildman–Crippen MR) is 109 cm³/mol. The Balaban J connectivity index is 1.93. The molecule has 138 valence electrons. The molecule has 4 nitrogen and oxygen atoms in total. The maximum atomic E-state index is 11.9. The van der Waals surface area contributed by atoms with E-state index in [4.69, 9.17) is 4.74 Å². The summed E-state index contributed by atoms with van der Waals surface area (Å²) in [6, 6.07) is 29.7. The van der Waals surface area contributed by atoms with E-state index in [1.165, 1.54) is 6.92 Å². The number of hydrogen-bond donors (Lipinski definition) is 0. The molecule has 0 unspecified atom stereocenters. The first kappa shape index (κ1) is 17.7. The number of benzene rings is 3. The molecule has 4 heteroatoms. The minimum absolute atomic E-state index is 0.337. The largest absolute Gasteiger partial charge is 0.451 e. The predicted octanol–water partition coefficient (Wildman–Crippen LogP) is 5.19. The number of aromatic nitrogens is 2. The van der Waals surface area contributed by atoms with Crippen LogP contribution >= 0.6 is 0 Å². The first-order valence-corrected chi connectivity index (χ1v) is 9.14. The fourth-order valence-electron chi connectivity index (χ4n) is 3.28. The standard InChI is InChI=1S/C24H20N2O2/c1-18(27)28-23(19-11-5-2-6-12-19)22-17-25-24(20-13-7-3-8-14-20)26(22)21-15-9-4-10-16-21/h2-17,23H,1H3/t23-/m1/s1. The molecule has 0 spiro atoms. The molecule has 3 aromatic carbocycles. The van der Waals surface area contributed by atoms with Gasteiger partial charge in [-0.2, -0.15) is 0 Å². The second-order valence-electron chi connectivity index (χ2n) is 6.44. The Hall–Kier alpha value is -3.66. The molecule has 0 aliphatic carbocycles. The quantitative estimate of drug-likeness (QED) is 0.455. The Morgan fingerprint density at radius 1 is 0.857 bits per heavy atom. The molecule has 0 saturated carbocycles. The van der Waals surface area contributed by atoms with Gasteiger partial charge in [-0.25, -0.2) is 4.98 Å². The molecule has 0 saturated heterocycles. The van der Waals surface area contributed by atoms with E-state index in [9.17, 15) is 4.79 Å². The summed E-state index contributed by atoms with van der Waals surface area (Å²) in [4.78, 5) is 16.6. The van der Waals surface area contributed by atoms with Crippen molar-refractivity contribution in [2.75, 3.05) is 0 Å². The summed E-state index contributed by atoms with van der Waals surface area (Å²) in [6.07, 6.45) is 1.24. The molecule has 4 rings (SSSR count). The molecular weight excluding hydrogens is 348 g/mol. The zero-order valence-electron chi connectivity index (χ0n) is 15.5. The van der Waals surface area contributed by atoms with Gasteiger partial charge in [-0.1, -0.05) is 78.9 Å². The van der Waals surface area contributed by atoms with Gasteiger partial charge in [-0.05, 0) is 17.7 Å². The van der Waals surface area contributed by atoms with Crippen molar-refractivity contribution in [3.8, 4) is 17.1 Å². The molecule has 1 aromatic heterocycles. The average molecular weight is 368 g/mol. The fourth-order valence-corrected chi connectivity index (χ4v) is 3.28. The normalized spacial score (nSPS) is 11.8. The van der Waals surface area contributed by atoms with Crippen LogP contribution in [0.1, 0.15) is 24.3 Å². The van der Waals surface area contributed by atoms with Crippen LogP contribution in [-0.2, 0) is 9.53 Å². The van der Waals surface area contributed by atoms with Crippen LogP contribution in [0.15, 0.2) is 97.2 Å². The molecule has 0 N–H and O–H groups in total. The topological polar surface area (TPSA) is 44.1 Å². The number of nitrogens with zero attached hydrogens (tertiary/aromatic N) is 2. The summed E-state index contributed by atoms with van der Waals surface area (Å²) in [5, 5.41) is 0. The molecule has 0 aliphatic heterocycles. The molecule has 0 fully saturated rings. The Labute approximate surface area is 164 Å². The highest BCUT2D eigenvalue weighted by Crippen LogP contribution is 2.32. The van der Waals surface area contributed by atoms with E-state index in [0.29, 0.717) is 0 Å². The Bertz CT molecular complexity index is 1060. The SMILES string of the molecule is CC(=O)O[C@H](c1ccccc1)c1cnc(-c2ccccc2)n1-c1ccccc1. The van der Waals surface area contributed by atoms with Crippen molar-refractivity contribution in [3.05, 3.63) is 108 Å². The van der Waals surface area contributed by atoms with E-state index in [1.807, 2.05) is 91.0 Å². The molecule has 0 bridgehead atoms. The molecule has 1 heterocycles. The Kier molecular flexibility index (Phi) is 5.02. The molecule has 0 amide bonds. The first-order valence-electron chi connectivity index (χ1n) is 9.14. The van der Waals surface area contributed by atoms with Crippen molar-refractivity contribution in [1.29, 1.82) is 0 Å². The van der Waals surface area contributed by atoms with Gasteiger partial charge in [0.25, 0.3) is 0 Å². The number of imidazole rings is 1. The van der Waals surface area contributed by atoms with Gasteiger partial charge in [0.05, 0.1) is 11.9 Å². The second kappa shape index (κ2) is 7.92. The molecule has 0 aliphatic rings. The smallest absolute Gasteiger partial charge is 0.303 e. The Morgan fingerprint density at radius 3 is 2.04 bits per heavy atom. The third-order valence-electron chi connectivity index (χ3n) is 4.49. The molecular formula is C24H20N2O2. The van der Waals surface area contributed by atoms with Crippen LogP contribution < -0.4 is 0 Å². The van der Waals surface area contributed by atoms with Crippen molar-refractivity contribution < 1.29 is 9.53 Å². The van der Waals surface area contributed by atoms with Crippen molar-refractivity contribution >= 4 is 5.97 Å². The van der Waals surface area contributed by atoms with Crippen LogP contribution in [0.25, 0.3) is 17.1 Å². The summed E-state index contributed by atoms with van der Waals surface area (Å²) in [5.41, 5.74) is 3.65. The van der Waals surface area contributed by atoms with Gasteiger partial charge in [-0.3, -0.25) is 9.36 Å². The first-order chi connectivity index (χ1) is 13.7. The minimum atomic E-state index is -0.552. The number of rotatable bonds is 5. The molecule has 0 radical (unpaired) electrons. The van der Waals surface area contributed by atoms with Crippen molar-refractivity contribution in [1.82, 2.24) is 9.55 Å². The summed E-state index contributed by atoms with van der Waals surface area (Å²) in [5.74, 6) is 0.464. The van der Waals surface area contributed by atoms with Gasteiger partial charge in [0, 0.05) is 18.2 Å². The van der Waals surface area contributed by atoms with Crippen LogP contribution in [0, 0.1) is 0 Å². The number of para-hydroxylation sites is 1. The van der Waals surface area contributed by atoms with Gasteiger partial charge < -0.3 is 4.74 Å². The third-order valence-corrected chi connectivity index (χ3v) is 4.49. The van der Waals surface area contributed by atoms with Gasteiger partial charge in [-0.15, -0.1) is 0 Å². The second-order valence-corrected chi connectivity index (χ2v) is 6.44. The maximum Gasteiger partial charge on any atom is 0.303 e. The van der Waals surface area contributed by atoms with Gasteiger partial charge in [0.15, 0.2) is 6.10 Å². The summed E-state index contributed by atoms with van der Waals surface area (Å²) in [6.45, 7) is 1.43. The molecule has 28 heavy (non-hydrogen) atoms. The van der Waals surface area contributed by atoms with Crippen LogP contribution in [0.5, 0.6) is 0 Å². The lowest BCUT2D eigenvalue weighted by atomic mass is 10.1. The van der Waals surface area contributed by atoms with Gasteiger partial charge in [0.2, 0.25) is 0 Å². The van der Waals surface area contributed by atoms with Crippen LogP contribution in [0.4, 0.5) is 0 Å². The fraction of sp³-hybridized carbons (Fsp3) is 0.0833. The van der Waals surface area contributed by atoms with E-state index >= 15 is 0 Å². The zero-order chi connectivity index (χ0) is 19.3. The lowest BCUT2D eigenvalue weighted by Crippen LogP contribution is -2.14. The van der Waals surface area contributed by atoms with E-state index in [0.717, 1.165) is 28.3 Å². The van der Waals surface area contributed by atoms with Crippen LogP contribution in [-0.4, -0.2) is 15.5 Å². The number of carbonyl (C=O) groups is 1. The van der Waals surface area contributed by atoms with E-state index in [-0.39, 0.29) is 5.97 Å². The highest BCUT2D eigenvalue weighted by molar-refractivity contribution is 5.67. The van der Waals surface area contributed by atoms with Gasteiger partial charge >= 0.3 is 5.97 Å². The summed E-state index contributed by atoms with van der Waals surface area (Å²) < 4.78 is 7.79. The maximum absolute atomic E-state index is 11.9. The van der Waals surface area contributed by atoms with Crippen LogP contribution in [0.3, 0.4) is 0 Å². The van der Waals surface area contributed by atoms with Gasteiger partial charge in [0.1, 0.15) is 5.82 Å². The minimum Gasteiger partial charge on any atom is -0.451 e. The average Bonchev–Trinajstić information content (AvgIpc) is 3.18. The van der Waals surface area contributed by atoms with Crippen molar-refractivity contribution in [2.24, 2.45) is 0 Å². The van der Waals surface area contributed by atoms with E-state index in [2.05, 4.69) is 9.55 Å². The molecule has 4 aromatic rings. The van der Waals surface area contributed by atoms with Crippen LogP contribution in [0.2, 0.25) is 0 Å². The Morgan fingerprint density at radius 2 is 1.43 bits per heavy atom. The number of esters is 1. The number of ether oxygens (including phenoxy) is 1. The lowest BCUT2D eigenvalue weighted by molar-refractivity contribution is -0.145. The highest BCUT2D eigenvalue weighted by atomic mass is 16.5. The zero-order valence-corrected chi connectivity index (χ0v) is 15.5. The van der Waals surface area contributed by atoms with Crippen molar-refractivity contribution in [2.45, 2.75) is 13.0 Å². The summed E-state index contributed by atoms with van der Waals surface area (Å²) in [7, 11) is 0. The highest BCUT2D eigenvalue weighted by Gasteiger charge is 2.25. The molecule has 1 atom stereocenters. The number of hydrogen-bond acceptors (Lipinski definition) is 3. The third kappa shape index (κ3) is 3.58.